The maximum atomic E-state index is 12.4. The minimum Gasteiger partial charge on any atom is -0.481 e. The molecule has 2 fully saturated rings. The average Bonchev–Trinajstić information content (AvgIpc) is 3.01. The topological polar surface area (TPSA) is 66.4 Å². The Morgan fingerprint density at radius 1 is 1.15 bits per heavy atom. The molecule has 0 radical (unpaired) electrons. The molecule has 20 heavy (non-hydrogen) atoms. The maximum absolute atomic E-state index is 12.4. The predicted molar refractivity (Wildman–Crippen MR) is 75.5 cm³/mol. The van der Waals surface area contributed by atoms with E-state index in [0.29, 0.717) is 10.7 Å². The summed E-state index contributed by atoms with van der Waals surface area (Å²) in [6.07, 6.45) is 2.74. The molecule has 1 aromatic rings. The molecule has 3 rings (SSSR count). The third-order valence-electron chi connectivity index (χ3n) is 4.64. The highest BCUT2D eigenvalue weighted by atomic mass is 35.5. The van der Waals surface area contributed by atoms with E-state index in [1.165, 1.54) is 0 Å². The Labute approximate surface area is 122 Å². The van der Waals surface area contributed by atoms with Crippen molar-refractivity contribution >= 4 is 29.2 Å². The van der Waals surface area contributed by atoms with Gasteiger partial charge in [-0.3, -0.25) is 9.59 Å². The lowest BCUT2D eigenvalue weighted by molar-refractivity contribution is -0.148. The van der Waals surface area contributed by atoms with Gasteiger partial charge in [-0.2, -0.15) is 0 Å². The van der Waals surface area contributed by atoms with Crippen molar-refractivity contribution in [3.63, 3.8) is 0 Å². The summed E-state index contributed by atoms with van der Waals surface area (Å²) in [5.74, 6) is -1.68. The van der Waals surface area contributed by atoms with Gasteiger partial charge >= 0.3 is 5.97 Å². The fraction of sp³-hybridized carbons (Fsp3) is 0.467. The van der Waals surface area contributed by atoms with E-state index in [-0.39, 0.29) is 17.7 Å². The molecule has 2 bridgehead atoms. The molecule has 1 amide bonds. The van der Waals surface area contributed by atoms with Crippen LogP contribution >= 0.6 is 11.6 Å². The van der Waals surface area contributed by atoms with Gasteiger partial charge in [0, 0.05) is 0 Å². The van der Waals surface area contributed by atoms with Crippen LogP contribution in [0.4, 0.5) is 5.69 Å². The third-order valence-corrected chi connectivity index (χ3v) is 4.97. The molecule has 0 aromatic heterocycles. The summed E-state index contributed by atoms with van der Waals surface area (Å²) in [7, 11) is 0. The second-order valence-electron chi connectivity index (χ2n) is 5.69. The summed E-state index contributed by atoms with van der Waals surface area (Å²) >= 11 is 6.02. The molecule has 2 N–H and O–H groups in total. The molecule has 2 aliphatic rings. The number of halogens is 1. The van der Waals surface area contributed by atoms with E-state index in [4.69, 9.17) is 11.6 Å². The third kappa shape index (κ3) is 2.18. The number of anilines is 1. The van der Waals surface area contributed by atoms with Crippen molar-refractivity contribution < 1.29 is 14.7 Å². The lowest BCUT2D eigenvalue weighted by Crippen LogP contribution is -2.37. The number of fused-ring (bicyclic) bond motifs is 2. The number of rotatable bonds is 3. The number of hydrogen-bond acceptors (Lipinski definition) is 2. The number of carboxylic acids is 1. The van der Waals surface area contributed by atoms with Crippen LogP contribution in [0.15, 0.2) is 24.3 Å². The molecular weight excluding hydrogens is 278 g/mol. The van der Waals surface area contributed by atoms with Crippen LogP contribution in [0, 0.1) is 23.7 Å². The van der Waals surface area contributed by atoms with Gasteiger partial charge in [0.05, 0.1) is 22.5 Å². The van der Waals surface area contributed by atoms with Crippen molar-refractivity contribution in [3.8, 4) is 0 Å². The van der Waals surface area contributed by atoms with Gasteiger partial charge in [0.15, 0.2) is 0 Å². The lowest BCUT2D eigenvalue weighted by Gasteiger charge is -2.27. The van der Waals surface area contributed by atoms with Crippen molar-refractivity contribution in [2.45, 2.75) is 19.3 Å². The molecular formula is C15H16ClNO3. The second-order valence-corrected chi connectivity index (χ2v) is 6.10. The Morgan fingerprint density at radius 2 is 1.80 bits per heavy atom. The fourth-order valence-corrected chi connectivity index (χ4v) is 3.99. The van der Waals surface area contributed by atoms with Crippen LogP contribution in [0.3, 0.4) is 0 Å². The van der Waals surface area contributed by atoms with E-state index in [2.05, 4.69) is 5.32 Å². The van der Waals surface area contributed by atoms with Crippen molar-refractivity contribution in [2.24, 2.45) is 23.7 Å². The number of carbonyl (C=O) groups is 2. The Hall–Kier alpha value is -1.55. The molecule has 4 nitrogen and oxygen atoms in total. The number of aliphatic carboxylic acids is 1. The number of benzene rings is 1. The second kappa shape index (κ2) is 5.09. The van der Waals surface area contributed by atoms with Gasteiger partial charge in [-0.25, -0.2) is 0 Å². The summed E-state index contributed by atoms with van der Waals surface area (Å²) in [4.78, 5) is 23.9. The monoisotopic (exact) mass is 293 g/mol. The summed E-state index contributed by atoms with van der Waals surface area (Å²) in [6.45, 7) is 0. The number of para-hydroxylation sites is 1. The van der Waals surface area contributed by atoms with Crippen molar-refractivity contribution in [2.75, 3.05) is 5.32 Å². The zero-order valence-electron chi connectivity index (χ0n) is 10.9. The largest absolute Gasteiger partial charge is 0.481 e. The van der Waals surface area contributed by atoms with E-state index in [0.717, 1.165) is 19.3 Å². The Bertz CT molecular complexity index is 560. The first-order chi connectivity index (χ1) is 9.58. The number of carbonyl (C=O) groups excluding carboxylic acids is 1. The molecule has 0 saturated heterocycles. The van der Waals surface area contributed by atoms with E-state index in [9.17, 15) is 14.7 Å². The van der Waals surface area contributed by atoms with Crippen LogP contribution in [0.5, 0.6) is 0 Å². The lowest BCUT2D eigenvalue weighted by atomic mass is 9.78. The van der Waals surface area contributed by atoms with Gasteiger partial charge in [-0.05, 0) is 43.2 Å². The van der Waals surface area contributed by atoms with Crippen molar-refractivity contribution in [1.29, 1.82) is 0 Å². The van der Waals surface area contributed by atoms with Crippen LogP contribution in [0.2, 0.25) is 5.02 Å². The molecule has 2 aliphatic carbocycles. The van der Waals surface area contributed by atoms with Gasteiger partial charge < -0.3 is 10.4 Å². The predicted octanol–water partition coefficient (Wildman–Crippen LogP) is 3.03. The number of carboxylic acid groups (broad SMARTS) is 1. The molecule has 0 spiro atoms. The zero-order chi connectivity index (χ0) is 14.3. The van der Waals surface area contributed by atoms with Crippen LogP contribution < -0.4 is 5.32 Å². The van der Waals surface area contributed by atoms with Crippen LogP contribution in [0.1, 0.15) is 19.3 Å². The van der Waals surface area contributed by atoms with Gasteiger partial charge in [0.25, 0.3) is 0 Å². The van der Waals surface area contributed by atoms with E-state index < -0.39 is 17.8 Å². The molecule has 106 valence electrons. The summed E-state index contributed by atoms with van der Waals surface area (Å²) in [6, 6.07) is 7.00. The Kier molecular flexibility index (Phi) is 3.42. The van der Waals surface area contributed by atoms with E-state index in [1.54, 1.807) is 24.3 Å². The standard InChI is InChI=1S/C15H16ClNO3/c16-10-3-1-2-4-11(10)17-14(18)12-8-5-6-9(7-8)13(12)15(19)20/h1-4,8-9,12-13H,5-7H2,(H,17,18)(H,19,20)/t8-,9-,12-,13+/m0/s1. The highest BCUT2D eigenvalue weighted by molar-refractivity contribution is 6.33. The smallest absolute Gasteiger partial charge is 0.307 e. The van der Waals surface area contributed by atoms with Gasteiger partial charge in [0.2, 0.25) is 5.91 Å². The van der Waals surface area contributed by atoms with Gasteiger partial charge in [-0.1, -0.05) is 23.7 Å². The SMILES string of the molecule is O=C(O)[C@@H]1[C@H]2CC[C@@H](C2)[C@@H]1C(=O)Nc1ccccc1Cl. The Morgan fingerprint density at radius 3 is 2.45 bits per heavy atom. The van der Waals surface area contributed by atoms with Gasteiger partial charge in [-0.15, -0.1) is 0 Å². The maximum Gasteiger partial charge on any atom is 0.307 e. The minimum atomic E-state index is -0.850. The average molecular weight is 294 g/mol. The van der Waals surface area contributed by atoms with Crippen LogP contribution in [-0.4, -0.2) is 17.0 Å². The molecule has 0 heterocycles. The fourth-order valence-electron chi connectivity index (χ4n) is 3.80. The zero-order valence-corrected chi connectivity index (χ0v) is 11.6. The Balaban J connectivity index is 1.80. The normalized spacial score (nSPS) is 31.2. The van der Waals surface area contributed by atoms with Crippen LogP contribution in [0.25, 0.3) is 0 Å². The number of nitrogens with one attached hydrogen (secondary N) is 1. The molecule has 2 saturated carbocycles. The number of hydrogen-bond donors (Lipinski definition) is 2. The molecule has 0 unspecified atom stereocenters. The first-order valence-corrected chi connectivity index (χ1v) is 7.24. The van der Waals surface area contributed by atoms with E-state index in [1.807, 2.05) is 0 Å². The van der Waals surface area contributed by atoms with Gasteiger partial charge in [0.1, 0.15) is 0 Å². The molecule has 1 aromatic carbocycles. The minimum absolute atomic E-state index is 0.152. The number of amides is 1. The van der Waals surface area contributed by atoms with Crippen molar-refractivity contribution in [3.05, 3.63) is 29.3 Å². The highest BCUT2D eigenvalue weighted by Gasteiger charge is 2.53. The van der Waals surface area contributed by atoms with Crippen LogP contribution in [-0.2, 0) is 9.59 Å². The highest BCUT2D eigenvalue weighted by Crippen LogP contribution is 2.52. The summed E-state index contributed by atoms with van der Waals surface area (Å²) in [5.41, 5.74) is 0.547. The quantitative estimate of drug-likeness (QED) is 0.900. The summed E-state index contributed by atoms with van der Waals surface area (Å²) < 4.78 is 0. The summed E-state index contributed by atoms with van der Waals surface area (Å²) in [5, 5.41) is 12.6. The van der Waals surface area contributed by atoms with Crippen molar-refractivity contribution in [1.82, 2.24) is 0 Å². The first kappa shape index (κ1) is 13.4. The first-order valence-electron chi connectivity index (χ1n) is 6.86. The molecule has 0 aliphatic heterocycles. The molecule has 4 atom stereocenters. The molecule has 5 heteroatoms. The van der Waals surface area contributed by atoms with E-state index >= 15 is 0 Å².